The first-order chi connectivity index (χ1) is 13.3. The van der Waals surface area contributed by atoms with Crippen molar-refractivity contribution >= 4 is 17.7 Å². The Kier molecular flexibility index (Phi) is 8.89. The number of unbranched alkanes of at least 4 members (excludes halogenated alkanes) is 1. The molecule has 0 unspecified atom stereocenters. The van der Waals surface area contributed by atoms with Crippen molar-refractivity contribution in [2.24, 2.45) is 11.8 Å². The van der Waals surface area contributed by atoms with Crippen molar-refractivity contribution in [2.45, 2.75) is 57.9 Å². The maximum Gasteiger partial charge on any atom is 0.324 e. The number of hydrogen-bond acceptors (Lipinski definition) is 5. The number of ketones is 1. The maximum atomic E-state index is 13.2. The molecular weight excluding hydrogens is 356 g/mol. The Balaban J connectivity index is 1.98. The van der Waals surface area contributed by atoms with Crippen LogP contribution in [0.1, 0.15) is 51.9 Å². The largest absolute Gasteiger partial charge is 0.338 e. The highest BCUT2D eigenvalue weighted by Crippen LogP contribution is 2.36. The molecular formula is C21H38N4O3. The van der Waals surface area contributed by atoms with Crippen LogP contribution in [0.3, 0.4) is 0 Å². The molecule has 1 saturated carbocycles. The molecule has 0 aromatic heterocycles. The predicted molar refractivity (Wildman–Crippen MR) is 110 cm³/mol. The highest BCUT2D eigenvalue weighted by atomic mass is 16.2. The number of nitrogens with one attached hydrogen (secondary N) is 1. The third kappa shape index (κ3) is 6.27. The van der Waals surface area contributed by atoms with Gasteiger partial charge in [-0.2, -0.15) is 0 Å². The van der Waals surface area contributed by atoms with Gasteiger partial charge in [-0.05, 0) is 59.3 Å². The molecule has 1 saturated heterocycles. The number of carbonyl (C=O) groups excluding carboxylic acids is 3. The smallest absolute Gasteiger partial charge is 0.324 e. The minimum absolute atomic E-state index is 0.0816. The number of hydrogen-bond donors (Lipinski definition) is 1. The van der Waals surface area contributed by atoms with Crippen molar-refractivity contribution in [2.75, 3.05) is 47.3 Å². The molecule has 1 N–H and O–H groups in total. The second-order valence-electron chi connectivity index (χ2n) is 8.71. The van der Waals surface area contributed by atoms with E-state index in [0.717, 1.165) is 38.6 Å². The van der Waals surface area contributed by atoms with E-state index in [1.807, 2.05) is 21.1 Å². The summed E-state index contributed by atoms with van der Waals surface area (Å²) < 4.78 is 0. The average molecular weight is 395 g/mol. The lowest BCUT2D eigenvalue weighted by Gasteiger charge is -2.45. The van der Waals surface area contributed by atoms with Crippen molar-refractivity contribution < 1.29 is 14.4 Å². The summed E-state index contributed by atoms with van der Waals surface area (Å²) >= 11 is 0. The van der Waals surface area contributed by atoms with Crippen LogP contribution in [0, 0.1) is 11.8 Å². The van der Waals surface area contributed by atoms with Crippen LogP contribution < -0.4 is 5.32 Å². The molecule has 0 aromatic carbocycles. The van der Waals surface area contributed by atoms with E-state index in [-0.39, 0.29) is 23.8 Å². The number of Topliss-reactive ketones (excluding diaryl/α,β-unsaturated/α-hetero) is 1. The summed E-state index contributed by atoms with van der Waals surface area (Å²) in [7, 11) is 6.05. The third-order valence-corrected chi connectivity index (χ3v) is 6.07. The number of fused-ring (bicyclic) bond motifs is 1. The van der Waals surface area contributed by atoms with Gasteiger partial charge in [0.1, 0.15) is 5.78 Å². The van der Waals surface area contributed by atoms with E-state index < -0.39 is 0 Å². The van der Waals surface area contributed by atoms with E-state index in [2.05, 4.69) is 22.0 Å². The molecule has 1 aliphatic heterocycles. The van der Waals surface area contributed by atoms with Crippen molar-refractivity contribution in [3.8, 4) is 0 Å². The standard InChI is InChI=1S/C21H38N4O3/c1-5-6-12-25(21(28)22-10-7-11-23(2)3)20(27)17-13-16-14-18(26)8-9-19(16)24(4)15-17/h16-17,19H,5-15H2,1-4H3,(H,22,28)/t16-,17-,19-/m1/s1. The van der Waals surface area contributed by atoms with Crippen molar-refractivity contribution in [1.29, 1.82) is 0 Å². The quantitative estimate of drug-likeness (QED) is 0.637. The summed E-state index contributed by atoms with van der Waals surface area (Å²) in [5, 5.41) is 2.91. The van der Waals surface area contributed by atoms with Gasteiger partial charge in [0.05, 0.1) is 5.92 Å². The first-order valence-electron chi connectivity index (χ1n) is 10.8. The van der Waals surface area contributed by atoms with Crippen LogP contribution in [0.25, 0.3) is 0 Å². The number of imide groups is 1. The fraction of sp³-hybridized carbons (Fsp3) is 0.857. The molecule has 0 aromatic rings. The van der Waals surface area contributed by atoms with Gasteiger partial charge in [0.25, 0.3) is 0 Å². The molecule has 160 valence electrons. The van der Waals surface area contributed by atoms with Gasteiger partial charge in [0, 0.05) is 38.5 Å². The molecule has 7 nitrogen and oxygen atoms in total. The number of nitrogens with zero attached hydrogens (tertiary/aromatic N) is 3. The second kappa shape index (κ2) is 10.9. The number of likely N-dealkylation sites (tertiary alicyclic amines) is 1. The van der Waals surface area contributed by atoms with Gasteiger partial charge in [-0.3, -0.25) is 14.5 Å². The van der Waals surface area contributed by atoms with Gasteiger partial charge < -0.3 is 15.1 Å². The van der Waals surface area contributed by atoms with Crippen LogP contribution in [-0.4, -0.2) is 85.8 Å². The molecule has 1 aliphatic carbocycles. The molecule has 3 atom stereocenters. The van der Waals surface area contributed by atoms with Crippen LogP contribution in [0.5, 0.6) is 0 Å². The highest BCUT2D eigenvalue weighted by Gasteiger charge is 2.42. The zero-order valence-electron chi connectivity index (χ0n) is 18.1. The Morgan fingerprint density at radius 3 is 2.64 bits per heavy atom. The van der Waals surface area contributed by atoms with Gasteiger partial charge in [-0.15, -0.1) is 0 Å². The zero-order chi connectivity index (χ0) is 20.7. The highest BCUT2D eigenvalue weighted by molar-refractivity contribution is 5.95. The monoisotopic (exact) mass is 394 g/mol. The van der Waals surface area contributed by atoms with Gasteiger partial charge in [0.2, 0.25) is 5.91 Å². The van der Waals surface area contributed by atoms with Crippen LogP contribution in [0.2, 0.25) is 0 Å². The van der Waals surface area contributed by atoms with Crippen molar-refractivity contribution in [3.63, 3.8) is 0 Å². The molecule has 7 heteroatoms. The number of amides is 3. The molecule has 0 spiro atoms. The minimum atomic E-state index is -0.276. The summed E-state index contributed by atoms with van der Waals surface area (Å²) in [6.07, 6.45) is 5.44. The first kappa shape index (κ1) is 22.8. The minimum Gasteiger partial charge on any atom is -0.338 e. The molecule has 0 bridgehead atoms. The van der Waals surface area contributed by atoms with Crippen LogP contribution >= 0.6 is 0 Å². The summed E-state index contributed by atoms with van der Waals surface area (Å²) in [5.41, 5.74) is 0. The molecule has 2 rings (SSSR count). The third-order valence-electron chi connectivity index (χ3n) is 6.07. The lowest BCUT2D eigenvalue weighted by molar-refractivity contribution is -0.138. The number of carbonyl (C=O) groups is 3. The Hall–Kier alpha value is -1.47. The van der Waals surface area contributed by atoms with Crippen molar-refractivity contribution in [1.82, 2.24) is 20.0 Å². The second-order valence-corrected chi connectivity index (χ2v) is 8.71. The van der Waals surface area contributed by atoms with E-state index in [1.54, 1.807) is 0 Å². The molecule has 28 heavy (non-hydrogen) atoms. The fourth-order valence-corrected chi connectivity index (χ4v) is 4.53. The average Bonchev–Trinajstić information content (AvgIpc) is 2.64. The van der Waals surface area contributed by atoms with Gasteiger partial charge in [0.15, 0.2) is 0 Å². The zero-order valence-corrected chi connectivity index (χ0v) is 18.1. The number of piperidine rings is 1. The Morgan fingerprint density at radius 2 is 1.96 bits per heavy atom. The lowest BCUT2D eigenvalue weighted by atomic mass is 9.74. The SMILES string of the molecule is CCCCN(C(=O)NCCCN(C)C)C(=O)[C@@H]1C[C@@H]2CC(=O)CC[C@H]2N(C)C1. The van der Waals surface area contributed by atoms with Gasteiger partial charge in [-0.1, -0.05) is 13.3 Å². The van der Waals surface area contributed by atoms with Crippen LogP contribution in [0.4, 0.5) is 4.79 Å². The Bertz CT molecular complexity index is 552. The summed E-state index contributed by atoms with van der Waals surface area (Å²) in [4.78, 5) is 43.6. The lowest BCUT2D eigenvalue weighted by Crippen LogP contribution is -2.55. The molecule has 1 heterocycles. The Morgan fingerprint density at radius 1 is 1.21 bits per heavy atom. The van der Waals surface area contributed by atoms with Crippen molar-refractivity contribution in [3.05, 3.63) is 0 Å². The summed E-state index contributed by atoms with van der Waals surface area (Å²) in [6.45, 7) is 4.65. The fourth-order valence-electron chi connectivity index (χ4n) is 4.53. The number of rotatable bonds is 8. The summed E-state index contributed by atoms with van der Waals surface area (Å²) in [6, 6.07) is 0.118. The molecule has 2 aliphatic rings. The van der Waals surface area contributed by atoms with E-state index in [0.29, 0.717) is 44.3 Å². The molecule has 0 radical (unpaired) electrons. The van der Waals surface area contributed by atoms with Crippen LogP contribution in [0.15, 0.2) is 0 Å². The van der Waals surface area contributed by atoms with E-state index >= 15 is 0 Å². The summed E-state index contributed by atoms with van der Waals surface area (Å²) in [5.74, 6) is 0.262. The topological polar surface area (TPSA) is 73.0 Å². The first-order valence-corrected chi connectivity index (χ1v) is 10.8. The normalized spacial score (nSPS) is 25.5. The van der Waals surface area contributed by atoms with E-state index in [1.165, 1.54) is 4.90 Å². The van der Waals surface area contributed by atoms with E-state index in [9.17, 15) is 14.4 Å². The number of urea groups is 1. The molecule has 2 fully saturated rings. The Labute approximate surface area is 169 Å². The van der Waals surface area contributed by atoms with E-state index in [4.69, 9.17) is 0 Å². The molecule has 3 amide bonds. The van der Waals surface area contributed by atoms with Crippen LogP contribution in [-0.2, 0) is 9.59 Å². The van der Waals surface area contributed by atoms with Gasteiger partial charge in [-0.25, -0.2) is 4.79 Å². The maximum absolute atomic E-state index is 13.2. The predicted octanol–water partition coefficient (Wildman–Crippen LogP) is 1.97. The van der Waals surface area contributed by atoms with Gasteiger partial charge >= 0.3 is 6.03 Å².